The van der Waals surface area contributed by atoms with Crippen molar-refractivity contribution in [3.63, 3.8) is 0 Å². The smallest absolute Gasteiger partial charge is 0.403 e. The maximum Gasteiger partial charge on any atom is 0.464 e. The second-order valence-corrected chi connectivity index (χ2v) is 9.71. The Bertz CT molecular complexity index is 624. The van der Waals surface area contributed by atoms with E-state index in [4.69, 9.17) is 9.31 Å². The number of rotatable bonds is 3. The first-order valence-corrected chi connectivity index (χ1v) is 9.16. The van der Waals surface area contributed by atoms with Crippen LogP contribution in [0.5, 0.6) is 0 Å². The van der Waals surface area contributed by atoms with Crippen molar-refractivity contribution in [3.05, 3.63) is 35.9 Å². The highest BCUT2D eigenvalue weighted by atomic mass is 16.7. The largest absolute Gasteiger partial charge is 0.464 e. The molecule has 0 radical (unpaired) electrons. The van der Waals surface area contributed by atoms with Gasteiger partial charge in [0.25, 0.3) is 0 Å². The summed E-state index contributed by atoms with van der Waals surface area (Å²) in [5.41, 5.74) is 2.19. The molecule has 0 atom stereocenters. The van der Waals surface area contributed by atoms with Gasteiger partial charge in [-0.25, -0.2) is 0 Å². The molecule has 1 heterocycles. The van der Waals surface area contributed by atoms with E-state index in [1.165, 1.54) is 32.1 Å². The predicted molar refractivity (Wildman–Crippen MR) is 92.4 cm³/mol. The van der Waals surface area contributed by atoms with Crippen molar-refractivity contribution in [2.75, 3.05) is 0 Å². The van der Waals surface area contributed by atoms with Gasteiger partial charge in [-0.15, -0.1) is 0 Å². The zero-order chi connectivity index (χ0) is 16.1. The predicted octanol–water partition coefficient (Wildman–Crippen LogP) is 4.73. The molecule has 6 rings (SSSR count). The van der Waals surface area contributed by atoms with Crippen LogP contribution < -0.4 is 0 Å². The minimum Gasteiger partial charge on any atom is -0.403 e. The molecule has 2 nitrogen and oxygen atoms in total. The SMILES string of the molecule is CC1(C)OB(C23CC(C4(c5ccccc5)CC4)(C2)C3)OC1(C)C. The number of hydrogen-bond donors (Lipinski definition) is 0. The lowest BCUT2D eigenvalue weighted by Crippen LogP contribution is -2.68. The molecular formula is C20H27BO2. The van der Waals surface area contributed by atoms with Gasteiger partial charge < -0.3 is 9.31 Å². The van der Waals surface area contributed by atoms with Gasteiger partial charge in [0.2, 0.25) is 0 Å². The quantitative estimate of drug-likeness (QED) is 0.751. The normalized spacial score (nSPS) is 41.1. The van der Waals surface area contributed by atoms with E-state index in [1.807, 2.05) is 0 Å². The molecule has 0 N–H and O–H groups in total. The van der Waals surface area contributed by atoms with Gasteiger partial charge in [0.05, 0.1) is 11.2 Å². The van der Waals surface area contributed by atoms with Gasteiger partial charge in [-0.3, -0.25) is 0 Å². The Labute approximate surface area is 140 Å². The van der Waals surface area contributed by atoms with Crippen LogP contribution >= 0.6 is 0 Å². The van der Waals surface area contributed by atoms with E-state index in [2.05, 4.69) is 58.0 Å². The molecule has 2 bridgehead atoms. The highest BCUT2D eigenvalue weighted by Gasteiger charge is 2.83. The van der Waals surface area contributed by atoms with Crippen molar-refractivity contribution in [1.29, 1.82) is 0 Å². The lowest BCUT2D eigenvalue weighted by molar-refractivity contribution is -0.139. The van der Waals surface area contributed by atoms with Gasteiger partial charge in [-0.2, -0.15) is 0 Å². The van der Waals surface area contributed by atoms with Gasteiger partial charge >= 0.3 is 7.12 Å². The van der Waals surface area contributed by atoms with Gasteiger partial charge in [0, 0.05) is 10.7 Å². The summed E-state index contributed by atoms with van der Waals surface area (Å²) in [6, 6.07) is 11.2. The first kappa shape index (κ1) is 14.5. The van der Waals surface area contributed by atoms with E-state index in [9.17, 15) is 0 Å². The van der Waals surface area contributed by atoms with E-state index in [0.29, 0.717) is 16.1 Å². The molecule has 1 aromatic carbocycles. The molecule has 0 spiro atoms. The molecule has 1 saturated heterocycles. The van der Waals surface area contributed by atoms with Crippen LogP contribution in [0.3, 0.4) is 0 Å². The average molecular weight is 310 g/mol. The highest BCUT2D eigenvalue weighted by molar-refractivity contribution is 6.51. The van der Waals surface area contributed by atoms with Crippen molar-refractivity contribution in [2.45, 2.75) is 81.7 Å². The summed E-state index contributed by atoms with van der Waals surface area (Å²) < 4.78 is 12.7. The van der Waals surface area contributed by atoms with Crippen molar-refractivity contribution >= 4 is 7.12 Å². The van der Waals surface area contributed by atoms with Crippen molar-refractivity contribution in [2.24, 2.45) is 5.41 Å². The standard InChI is InChI=1S/C20H27BO2/c1-16(2)17(3,4)23-21(22-16)19-12-18(13-19,14-19)20(10-11-20)15-8-6-5-7-9-15/h5-9H,10-14H2,1-4H3. The molecule has 4 aliphatic carbocycles. The Balaban J connectivity index is 1.36. The Kier molecular flexibility index (Phi) is 2.46. The van der Waals surface area contributed by atoms with Crippen LogP contribution in [-0.2, 0) is 14.7 Å². The van der Waals surface area contributed by atoms with Crippen LogP contribution in [0.15, 0.2) is 30.3 Å². The van der Waals surface area contributed by atoms with E-state index >= 15 is 0 Å². The third kappa shape index (κ3) is 1.59. The van der Waals surface area contributed by atoms with Crippen molar-refractivity contribution in [3.8, 4) is 0 Å². The van der Waals surface area contributed by atoms with Crippen LogP contribution in [0.2, 0.25) is 5.31 Å². The van der Waals surface area contributed by atoms with E-state index < -0.39 is 0 Å². The number of hydrogen-bond acceptors (Lipinski definition) is 2. The summed E-state index contributed by atoms with van der Waals surface area (Å²) in [6.07, 6.45) is 6.64. The molecule has 5 fully saturated rings. The van der Waals surface area contributed by atoms with Crippen LogP contribution in [0.25, 0.3) is 0 Å². The van der Waals surface area contributed by atoms with E-state index in [1.54, 1.807) is 5.56 Å². The summed E-state index contributed by atoms with van der Waals surface area (Å²) in [5, 5.41) is 0.301. The molecule has 5 aliphatic rings. The molecule has 122 valence electrons. The summed E-state index contributed by atoms with van der Waals surface area (Å²) in [7, 11) is 0.000878. The first-order chi connectivity index (χ1) is 10.7. The summed E-state index contributed by atoms with van der Waals surface area (Å²) >= 11 is 0. The fraction of sp³-hybridized carbons (Fsp3) is 0.700. The minimum atomic E-state index is -0.197. The minimum absolute atomic E-state index is 0.000878. The van der Waals surface area contributed by atoms with Crippen LogP contribution in [0, 0.1) is 5.41 Å². The molecule has 23 heavy (non-hydrogen) atoms. The fourth-order valence-corrected chi connectivity index (χ4v) is 5.72. The Morgan fingerprint density at radius 2 is 1.35 bits per heavy atom. The molecule has 0 unspecified atom stereocenters. The van der Waals surface area contributed by atoms with Gasteiger partial charge in [0.15, 0.2) is 0 Å². The monoisotopic (exact) mass is 310 g/mol. The van der Waals surface area contributed by atoms with Crippen molar-refractivity contribution in [1.82, 2.24) is 0 Å². The zero-order valence-electron chi connectivity index (χ0n) is 14.8. The molecule has 0 amide bonds. The van der Waals surface area contributed by atoms with Gasteiger partial charge in [-0.1, -0.05) is 30.3 Å². The third-order valence-corrected chi connectivity index (χ3v) is 7.92. The fourth-order valence-electron chi connectivity index (χ4n) is 5.72. The number of benzene rings is 1. The zero-order valence-corrected chi connectivity index (χ0v) is 14.8. The lowest BCUT2D eigenvalue weighted by atomic mass is 9.21. The molecule has 3 heteroatoms. The molecule has 1 aromatic rings. The maximum absolute atomic E-state index is 6.37. The average Bonchev–Trinajstić information content (AvgIpc) is 3.13. The van der Waals surface area contributed by atoms with Crippen LogP contribution in [-0.4, -0.2) is 18.3 Å². The first-order valence-electron chi connectivity index (χ1n) is 9.16. The van der Waals surface area contributed by atoms with Gasteiger partial charge in [-0.05, 0) is 70.8 Å². The Morgan fingerprint density at radius 1 is 0.826 bits per heavy atom. The van der Waals surface area contributed by atoms with Gasteiger partial charge in [0.1, 0.15) is 0 Å². The van der Waals surface area contributed by atoms with Crippen molar-refractivity contribution < 1.29 is 9.31 Å². The molecule has 4 saturated carbocycles. The van der Waals surface area contributed by atoms with E-state index in [-0.39, 0.29) is 18.3 Å². The second-order valence-electron chi connectivity index (χ2n) is 9.71. The van der Waals surface area contributed by atoms with Crippen LogP contribution in [0.1, 0.15) is 65.4 Å². The second kappa shape index (κ2) is 3.88. The topological polar surface area (TPSA) is 18.5 Å². The molecule has 1 aliphatic heterocycles. The van der Waals surface area contributed by atoms with E-state index in [0.717, 1.165) is 0 Å². The summed E-state index contributed by atoms with van der Waals surface area (Å²) in [6.45, 7) is 8.67. The molecular weight excluding hydrogens is 283 g/mol. The maximum atomic E-state index is 6.37. The molecule has 0 aromatic heterocycles. The highest BCUT2D eigenvalue weighted by Crippen LogP contribution is 2.89. The Morgan fingerprint density at radius 3 is 1.83 bits per heavy atom. The third-order valence-electron chi connectivity index (χ3n) is 7.92. The Hall–Kier alpha value is -0.795. The van der Waals surface area contributed by atoms with Crippen LogP contribution in [0.4, 0.5) is 0 Å². The lowest BCUT2D eigenvalue weighted by Gasteiger charge is -2.74. The summed E-state index contributed by atoms with van der Waals surface area (Å²) in [4.78, 5) is 0. The summed E-state index contributed by atoms with van der Waals surface area (Å²) in [5.74, 6) is 0.